The van der Waals surface area contributed by atoms with Crippen LogP contribution in [0.5, 0.6) is 5.75 Å². The number of hydrogen-bond acceptors (Lipinski definition) is 6. The molecule has 224 valence electrons. The van der Waals surface area contributed by atoms with E-state index in [9.17, 15) is 18.4 Å². The second kappa shape index (κ2) is 13.2. The Morgan fingerprint density at radius 1 is 1.02 bits per heavy atom. The number of ether oxygens (including phenoxy) is 3. The van der Waals surface area contributed by atoms with E-state index < -0.39 is 41.4 Å². The summed E-state index contributed by atoms with van der Waals surface area (Å²) < 4.78 is 46.0. The van der Waals surface area contributed by atoms with E-state index in [1.165, 1.54) is 29.2 Å². The number of nitrogens with one attached hydrogen (secondary N) is 1. The highest BCUT2D eigenvalue weighted by Gasteiger charge is 2.43. The van der Waals surface area contributed by atoms with Gasteiger partial charge in [-0.1, -0.05) is 24.3 Å². The van der Waals surface area contributed by atoms with Crippen LogP contribution in [-0.2, 0) is 27.2 Å². The van der Waals surface area contributed by atoms with E-state index in [1.54, 1.807) is 20.8 Å². The second-order valence-corrected chi connectivity index (χ2v) is 12.2. The summed E-state index contributed by atoms with van der Waals surface area (Å²) >= 11 is 0. The van der Waals surface area contributed by atoms with E-state index in [1.807, 2.05) is 7.05 Å². The molecule has 2 aromatic rings. The number of benzene rings is 2. The van der Waals surface area contributed by atoms with Gasteiger partial charge in [-0.25, -0.2) is 18.4 Å². The van der Waals surface area contributed by atoms with E-state index in [-0.39, 0.29) is 24.6 Å². The van der Waals surface area contributed by atoms with Gasteiger partial charge in [0.25, 0.3) is 0 Å². The van der Waals surface area contributed by atoms with Crippen LogP contribution in [0.1, 0.15) is 75.5 Å². The summed E-state index contributed by atoms with van der Waals surface area (Å²) in [5, 5.41) is 3.24. The maximum Gasteiger partial charge on any atom is 0.411 e. The predicted molar refractivity (Wildman–Crippen MR) is 152 cm³/mol. The summed E-state index contributed by atoms with van der Waals surface area (Å²) in [5.41, 5.74) is 2.35. The quantitative estimate of drug-likeness (QED) is 0.384. The lowest BCUT2D eigenvalue weighted by atomic mass is 9.75. The number of nitrogens with zero attached hydrogens (tertiary/aromatic N) is 1. The third kappa shape index (κ3) is 7.76. The molecular weight excluding hydrogens is 530 g/mol. The van der Waals surface area contributed by atoms with E-state index in [4.69, 9.17) is 14.2 Å². The van der Waals surface area contributed by atoms with Gasteiger partial charge >= 0.3 is 12.1 Å². The highest BCUT2D eigenvalue weighted by molar-refractivity contribution is 5.82. The first kappa shape index (κ1) is 30.8. The molecule has 0 bridgehead atoms. The van der Waals surface area contributed by atoms with Gasteiger partial charge in [0.15, 0.2) is 11.6 Å². The van der Waals surface area contributed by atoms with Crippen molar-refractivity contribution in [3.05, 3.63) is 64.7 Å². The number of halogens is 2. The van der Waals surface area contributed by atoms with Gasteiger partial charge < -0.3 is 19.5 Å². The van der Waals surface area contributed by atoms with Gasteiger partial charge in [0.2, 0.25) is 0 Å². The Morgan fingerprint density at radius 3 is 2.39 bits per heavy atom. The van der Waals surface area contributed by atoms with E-state index in [0.717, 1.165) is 38.3 Å². The second-order valence-electron chi connectivity index (χ2n) is 12.2. The molecule has 2 aliphatic rings. The van der Waals surface area contributed by atoms with Crippen molar-refractivity contribution in [1.29, 1.82) is 0 Å². The van der Waals surface area contributed by atoms with Crippen molar-refractivity contribution in [2.45, 2.75) is 89.5 Å². The van der Waals surface area contributed by atoms with Crippen molar-refractivity contribution in [2.24, 2.45) is 5.92 Å². The average Bonchev–Trinajstić information content (AvgIpc) is 3.35. The molecule has 1 aliphatic carbocycles. The molecule has 1 heterocycles. The smallest absolute Gasteiger partial charge is 0.411 e. The summed E-state index contributed by atoms with van der Waals surface area (Å²) in [6.07, 6.45) is 3.20. The number of esters is 1. The van der Waals surface area contributed by atoms with Crippen molar-refractivity contribution in [3.8, 4) is 5.75 Å². The number of rotatable bonds is 8. The lowest BCUT2D eigenvalue weighted by molar-refractivity contribution is -0.145. The third-order valence-corrected chi connectivity index (χ3v) is 7.98. The zero-order valence-electron chi connectivity index (χ0n) is 24.7. The number of hydrogen-bond donors (Lipinski definition) is 1. The normalized spacial score (nSPS) is 22.9. The van der Waals surface area contributed by atoms with Crippen LogP contribution in [0.15, 0.2) is 36.4 Å². The Hall–Kier alpha value is -3.20. The predicted octanol–water partition coefficient (Wildman–Crippen LogP) is 6.13. The minimum Gasteiger partial charge on any atom is -0.485 e. The van der Waals surface area contributed by atoms with E-state index >= 15 is 0 Å². The van der Waals surface area contributed by atoms with Crippen molar-refractivity contribution >= 4 is 12.1 Å². The van der Waals surface area contributed by atoms with Gasteiger partial charge in [0.1, 0.15) is 23.6 Å². The molecule has 1 saturated carbocycles. The summed E-state index contributed by atoms with van der Waals surface area (Å²) in [7, 11) is 3.19. The van der Waals surface area contributed by atoms with Crippen LogP contribution in [0.25, 0.3) is 0 Å². The zero-order valence-corrected chi connectivity index (χ0v) is 24.7. The summed E-state index contributed by atoms with van der Waals surface area (Å²) in [4.78, 5) is 26.4. The van der Waals surface area contributed by atoms with Crippen LogP contribution in [0, 0.1) is 17.6 Å². The lowest BCUT2D eigenvalue weighted by Crippen LogP contribution is -2.44. The Balaban J connectivity index is 1.42. The highest BCUT2D eigenvalue weighted by Crippen LogP contribution is 2.39. The molecule has 4 rings (SSSR count). The maximum atomic E-state index is 14.9. The van der Waals surface area contributed by atoms with Gasteiger partial charge in [-0.3, -0.25) is 4.90 Å². The highest BCUT2D eigenvalue weighted by atomic mass is 19.1. The van der Waals surface area contributed by atoms with Crippen LogP contribution < -0.4 is 10.1 Å². The van der Waals surface area contributed by atoms with E-state index in [2.05, 4.69) is 29.6 Å². The largest absolute Gasteiger partial charge is 0.485 e. The molecule has 41 heavy (non-hydrogen) atoms. The summed E-state index contributed by atoms with van der Waals surface area (Å²) in [6.45, 7) is 6.03. The molecule has 1 aliphatic heterocycles. The number of carbonyl (C=O) groups is 2. The third-order valence-electron chi connectivity index (χ3n) is 7.98. The first-order valence-corrected chi connectivity index (χ1v) is 14.4. The Labute approximate surface area is 241 Å². The molecule has 0 radical (unpaired) electrons. The monoisotopic (exact) mass is 572 g/mol. The molecule has 0 spiro atoms. The van der Waals surface area contributed by atoms with Crippen LogP contribution >= 0.6 is 0 Å². The fraction of sp³-hybridized carbons (Fsp3) is 0.562. The topological polar surface area (TPSA) is 77.1 Å². The zero-order chi connectivity index (χ0) is 29.7. The Bertz CT molecular complexity index is 1220. The average molecular weight is 573 g/mol. The molecular formula is C32H42F2N2O5. The van der Waals surface area contributed by atoms with Gasteiger partial charge in [-0.05, 0) is 94.5 Å². The van der Waals surface area contributed by atoms with Crippen molar-refractivity contribution in [3.63, 3.8) is 0 Å². The van der Waals surface area contributed by atoms with Crippen LogP contribution in [0.4, 0.5) is 13.6 Å². The maximum absolute atomic E-state index is 14.9. The van der Waals surface area contributed by atoms with Gasteiger partial charge in [0, 0.05) is 19.0 Å². The minimum atomic E-state index is -0.920. The fourth-order valence-corrected chi connectivity index (χ4v) is 6.03. The fourth-order valence-electron chi connectivity index (χ4n) is 6.03. The standard InChI is InChI=1S/C32H42F2N2O5/c1-32(2,3)41-31(38)36-19-24(16-28(36)30(37)39-5)40-29-15-23(26(33)17-27(29)34)14-20-10-12-21(13-11-20)25-9-7-6-8-22(25)18-35-4/h6-9,15,17,20-21,24,28,35H,10-14,16,18-19H2,1-5H3/t20-,21-,24-,28-/m0/s1. The van der Waals surface area contributed by atoms with Crippen LogP contribution in [0.2, 0.25) is 0 Å². The summed E-state index contributed by atoms with van der Waals surface area (Å²) in [5.74, 6) is -1.34. The van der Waals surface area contributed by atoms with Crippen molar-refractivity contribution in [2.75, 3.05) is 20.7 Å². The first-order chi connectivity index (χ1) is 19.5. The molecule has 0 aromatic heterocycles. The number of carbonyl (C=O) groups excluding carboxylic acids is 2. The van der Waals surface area contributed by atoms with Crippen molar-refractivity contribution in [1.82, 2.24) is 10.2 Å². The molecule has 1 amide bonds. The number of likely N-dealkylation sites (tertiary alicyclic amines) is 1. The molecule has 2 atom stereocenters. The van der Waals surface area contributed by atoms with Crippen LogP contribution in [0.3, 0.4) is 0 Å². The first-order valence-electron chi connectivity index (χ1n) is 14.4. The van der Waals surface area contributed by atoms with Gasteiger partial charge in [-0.2, -0.15) is 0 Å². The lowest BCUT2D eigenvalue weighted by Gasteiger charge is -2.30. The Kier molecular flexibility index (Phi) is 9.89. The molecule has 2 fully saturated rings. The van der Waals surface area contributed by atoms with E-state index in [0.29, 0.717) is 17.9 Å². The van der Waals surface area contributed by atoms with Crippen LogP contribution in [-0.4, -0.2) is 55.4 Å². The molecule has 1 N–H and O–H groups in total. The molecule has 0 unspecified atom stereocenters. The number of methoxy groups -OCH3 is 1. The molecule has 1 saturated heterocycles. The molecule has 7 nitrogen and oxygen atoms in total. The van der Waals surface area contributed by atoms with Crippen molar-refractivity contribution < 1.29 is 32.6 Å². The van der Waals surface area contributed by atoms with Gasteiger partial charge in [-0.15, -0.1) is 0 Å². The molecule has 2 aromatic carbocycles. The van der Waals surface area contributed by atoms with Gasteiger partial charge in [0.05, 0.1) is 13.7 Å². The number of amides is 1. The minimum absolute atomic E-state index is 0.0138. The SMILES string of the molecule is CNCc1ccccc1[C@H]1CC[C@H](Cc2cc(O[C@H]3C[C@@H](C(=O)OC)N(C(=O)OC(C)(C)C)C3)c(F)cc2F)CC1. The molecule has 9 heteroatoms. The Morgan fingerprint density at radius 2 is 1.73 bits per heavy atom. The summed E-state index contributed by atoms with van der Waals surface area (Å²) in [6, 6.07) is 9.90.